The molecule has 0 saturated carbocycles. The first-order valence-electron chi connectivity index (χ1n) is 12.4. The number of thiazole rings is 1. The molecular weight excluding hydrogens is 464 g/mol. The topological polar surface area (TPSA) is 43.6 Å². The number of benzene rings is 3. The maximum Gasteiger partial charge on any atom is 0.271 e. The average molecular weight is 493 g/mol. The van der Waals surface area contributed by atoms with Gasteiger partial charge in [-0.05, 0) is 53.2 Å². The van der Waals surface area contributed by atoms with Crippen LogP contribution in [0.25, 0.3) is 11.8 Å². The first-order valence-corrected chi connectivity index (χ1v) is 13.2. The van der Waals surface area contributed by atoms with Crippen molar-refractivity contribution in [3.63, 3.8) is 0 Å². The lowest BCUT2D eigenvalue weighted by Crippen LogP contribution is -2.38. The van der Waals surface area contributed by atoms with Gasteiger partial charge in [0.25, 0.3) is 5.56 Å². The van der Waals surface area contributed by atoms with Crippen molar-refractivity contribution in [1.82, 2.24) is 4.57 Å². The molecule has 3 aromatic carbocycles. The van der Waals surface area contributed by atoms with Gasteiger partial charge in [0.15, 0.2) is 4.80 Å². The van der Waals surface area contributed by atoms with Gasteiger partial charge >= 0.3 is 0 Å². The molecule has 5 heteroatoms. The number of hydrogen-bond acceptors (Lipinski definition) is 4. The van der Waals surface area contributed by atoms with Crippen molar-refractivity contribution in [2.24, 2.45) is 4.99 Å². The van der Waals surface area contributed by atoms with Gasteiger partial charge in [-0.3, -0.25) is 9.36 Å². The first kappa shape index (κ1) is 22.7. The molecule has 1 unspecified atom stereocenters. The van der Waals surface area contributed by atoms with E-state index in [1.807, 2.05) is 34.9 Å². The monoisotopic (exact) mass is 492 g/mol. The second-order valence-electron chi connectivity index (χ2n) is 9.68. The molecule has 36 heavy (non-hydrogen) atoms. The van der Waals surface area contributed by atoms with Gasteiger partial charge in [0.05, 0.1) is 23.4 Å². The molecular formula is C31H28N2O2S. The molecule has 180 valence electrons. The van der Waals surface area contributed by atoms with E-state index in [2.05, 4.69) is 62.4 Å². The summed E-state index contributed by atoms with van der Waals surface area (Å²) >= 11 is 1.45. The second-order valence-corrected chi connectivity index (χ2v) is 10.7. The predicted octanol–water partition coefficient (Wildman–Crippen LogP) is 5.45. The van der Waals surface area contributed by atoms with E-state index in [1.54, 1.807) is 7.11 Å². The Morgan fingerprint density at radius 3 is 2.53 bits per heavy atom. The molecule has 4 aromatic rings. The van der Waals surface area contributed by atoms with Crippen LogP contribution in [0.15, 0.2) is 88.2 Å². The third kappa shape index (κ3) is 3.75. The highest BCUT2D eigenvalue weighted by Gasteiger charge is 2.32. The van der Waals surface area contributed by atoms with Crippen LogP contribution in [-0.2, 0) is 6.42 Å². The summed E-state index contributed by atoms with van der Waals surface area (Å²) in [5.74, 6) is 1.20. The van der Waals surface area contributed by atoms with Crippen LogP contribution < -0.4 is 19.6 Å². The summed E-state index contributed by atoms with van der Waals surface area (Å²) in [6.07, 6.45) is 3.78. The quantitative estimate of drug-likeness (QED) is 0.380. The maximum absolute atomic E-state index is 13.9. The minimum Gasteiger partial charge on any atom is -0.496 e. The lowest BCUT2D eigenvalue weighted by atomic mass is 9.83. The Labute approximate surface area is 214 Å². The summed E-state index contributed by atoms with van der Waals surface area (Å²) in [6.45, 7) is 4.41. The fourth-order valence-corrected chi connectivity index (χ4v) is 6.30. The van der Waals surface area contributed by atoms with Crippen LogP contribution in [0.3, 0.4) is 0 Å². The van der Waals surface area contributed by atoms with Crippen LogP contribution in [0.1, 0.15) is 60.0 Å². The predicted molar refractivity (Wildman–Crippen MR) is 146 cm³/mol. The highest BCUT2D eigenvalue weighted by Crippen LogP contribution is 2.41. The van der Waals surface area contributed by atoms with Crippen molar-refractivity contribution in [2.75, 3.05) is 7.11 Å². The van der Waals surface area contributed by atoms with Gasteiger partial charge in [0, 0.05) is 11.1 Å². The number of ether oxygens (including phenoxy) is 1. The van der Waals surface area contributed by atoms with Crippen LogP contribution in [0.4, 0.5) is 0 Å². The van der Waals surface area contributed by atoms with E-state index in [0.717, 1.165) is 40.2 Å². The lowest BCUT2D eigenvalue weighted by Gasteiger charge is -2.31. The fourth-order valence-electron chi connectivity index (χ4n) is 5.31. The third-order valence-corrected chi connectivity index (χ3v) is 8.20. The SMILES string of the molecule is COc1ccccc1C=c1sc2n(c1=O)C(c1ccc(C(C)C)cc1)C1=C(N=2)c2ccccc2CC1. The molecule has 0 spiro atoms. The van der Waals surface area contributed by atoms with Crippen molar-refractivity contribution in [2.45, 2.75) is 38.6 Å². The van der Waals surface area contributed by atoms with Crippen LogP contribution >= 0.6 is 11.3 Å². The molecule has 2 aliphatic rings. The highest BCUT2D eigenvalue weighted by atomic mass is 32.1. The number of hydrogen-bond donors (Lipinski definition) is 0. The van der Waals surface area contributed by atoms with Crippen molar-refractivity contribution in [1.29, 1.82) is 0 Å². The molecule has 1 aliphatic carbocycles. The number of fused-ring (bicyclic) bond motifs is 3. The van der Waals surface area contributed by atoms with Crippen molar-refractivity contribution < 1.29 is 4.74 Å². The summed E-state index contributed by atoms with van der Waals surface area (Å²) in [5, 5.41) is 0. The van der Waals surface area contributed by atoms with E-state index in [9.17, 15) is 4.79 Å². The smallest absolute Gasteiger partial charge is 0.271 e. The lowest BCUT2D eigenvalue weighted by molar-refractivity contribution is 0.414. The van der Waals surface area contributed by atoms with E-state index in [0.29, 0.717) is 10.5 Å². The van der Waals surface area contributed by atoms with E-state index in [4.69, 9.17) is 9.73 Å². The van der Waals surface area contributed by atoms with Gasteiger partial charge in [-0.25, -0.2) is 4.99 Å². The molecule has 2 heterocycles. The Balaban J connectivity index is 1.60. The Bertz CT molecular complexity index is 1670. The molecule has 0 amide bonds. The zero-order chi connectivity index (χ0) is 24.8. The largest absolute Gasteiger partial charge is 0.496 e. The fraction of sp³-hybridized carbons (Fsp3) is 0.226. The number of aryl methyl sites for hydroxylation is 1. The Kier molecular flexibility index (Phi) is 5.73. The Hall–Kier alpha value is -3.70. The van der Waals surface area contributed by atoms with Gasteiger partial charge in [-0.15, -0.1) is 0 Å². The van der Waals surface area contributed by atoms with Gasteiger partial charge in [-0.1, -0.05) is 91.9 Å². The zero-order valence-electron chi connectivity index (χ0n) is 20.7. The summed E-state index contributed by atoms with van der Waals surface area (Å²) in [7, 11) is 1.65. The minimum absolute atomic E-state index is 0.00648. The number of nitrogens with zero attached hydrogens (tertiary/aromatic N) is 2. The van der Waals surface area contributed by atoms with E-state index < -0.39 is 0 Å². The Morgan fingerprint density at radius 1 is 1.00 bits per heavy atom. The number of aromatic nitrogens is 1. The summed E-state index contributed by atoms with van der Waals surface area (Å²) in [6, 6.07) is 24.9. The van der Waals surface area contributed by atoms with E-state index >= 15 is 0 Å². The van der Waals surface area contributed by atoms with Crippen LogP contribution in [-0.4, -0.2) is 11.7 Å². The zero-order valence-corrected chi connectivity index (χ0v) is 21.5. The van der Waals surface area contributed by atoms with Gasteiger partial charge in [0.1, 0.15) is 5.75 Å². The highest BCUT2D eigenvalue weighted by molar-refractivity contribution is 7.07. The third-order valence-electron chi connectivity index (χ3n) is 7.22. The molecule has 0 saturated heterocycles. The number of rotatable bonds is 4. The van der Waals surface area contributed by atoms with Crippen molar-refractivity contribution in [3.8, 4) is 5.75 Å². The average Bonchev–Trinajstić information content (AvgIpc) is 3.22. The molecule has 0 radical (unpaired) electrons. The van der Waals surface area contributed by atoms with Crippen molar-refractivity contribution in [3.05, 3.63) is 126 Å². The van der Waals surface area contributed by atoms with Crippen LogP contribution in [0, 0.1) is 0 Å². The standard InChI is InChI=1S/C31H28N2O2S/c1-19(2)20-12-14-22(15-13-20)29-25-17-16-21-8-4-6-10-24(21)28(25)32-31-33(29)30(34)27(36-31)18-23-9-5-7-11-26(23)35-3/h4-15,18-19,29H,16-17H2,1-3H3. The normalized spacial score (nSPS) is 16.9. The second kappa shape index (κ2) is 9.07. The molecule has 1 aromatic heterocycles. The maximum atomic E-state index is 13.9. The van der Waals surface area contributed by atoms with Gasteiger partial charge in [-0.2, -0.15) is 0 Å². The molecule has 1 aliphatic heterocycles. The van der Waals surface area contributed by atoms with Gasteiger partial charge in [0.2, 0.25) is 0 Å². The van der Waals surface area contributed by atoms with Crippen LogP contribution in [0.5, 0.6) is 5.75 Å². The molecule has 0 fully saturated rings. The van der Waals surface area contributed by atoms with Crippen LogP contribution in [0.2, 0.25) is 0 Å². The van der Waals surface area contributed by atoms with Crippen molar-refractivity contribution >= 4 is 23.1 Å². The number of methoxy groups -OCH3 is 1. The number of para-hydroxylation sites is 1. The molecule has 1 atom stereocenters. The van der Waals surface area contributed by atoms with E-state index in [1.165, 1.54) is 33.6 Å². The first-order chi connectivity index (χ1) is 17.5. The molecule has 6 rings (SSSR count). The minimum atomic E-state index is -0.161. The summed E-state index contributed by atoms with van der Waals surface area (Å²) in [5.41, 5.74) is 8.07. The summed E-state index contributed by atoms with van der Waals surface area (Å²) in [4.78, 5) is 19.8. The molecule has 4 nitrogen and oxygen atoms in total. The Morgan fingerprint density at radius 2 is 1.75 bits per heavy atom. The molecule has 0 N–H and O–H groups in total. The number of allylic oxidation sites excluding steroid dienone is 1. The summed E-state index contributed by atoms with van der Waals surface area (Å²) < 4.78 is 8.10. The van der Waals surface area contributed by atoms with Gasteiger partial charge < -0.3 is 4.74 Å². The molecule has 0 bridgehead atoms. The van der Waals surface area contributed by atoms with E-state index in [-0.39, 0.29) is 11.6 Å².